The molecule has 2 atom stereocenters. The van der Waals surface area contributed by atoms with Crippen LogP contribution < -0.4 is 0 Å². The van der Waals surface area contributed by atoms with Crippen LogP contribution in [0.25, 0.3) is 0 Å². The van der Waals surface area contributed by atoms with E-state index in [1.165, 1.54) is 16.7 Å². The first-order valence-electron chi connectivity index (χ1n) is 7.53. The van der Waals surface area contributed by atoms with E-state index in [1.54, 1.807) is 6.07 Å². The first kappa shape index (κ1) is 12.9. The second-order valence-corrected chi connectivity index (χ2v) is 6.24. The normalized spacial score (nSPS) is 28.1. The van der Waals surface area contributed by atoms with Gasteiger partial charge >= 0.3 is 0 Å². The second kappa shape index (κ2) is 4.58. The highest BCUT2D eigenvalue weighted by molar-refractivity contribution is 5.49. The molecule has 2 aliphatic rings. The highest BCUT2D eigenvalue weighted by Gasteiger charge is 2.45. The fourth-order valence-corrected chi connectivity index (χ4v) is 3.89. The Morgan fingerprint density at radius 2 is 1.90 bits per heavy atom. The van der Waals surface area contributed by atoms with Crippen molar-refractivity contribution in [2.24, 2.45) is 0 Å². The van der Waals surface area contributed by atoms with Crippen LogP contribution in [0.3, 0.4) is 0 Å². The molecule has 2 unspecified atom stereocenters. The lowest BCUT2D eigenvalue weighted by atomic mass is 9.67. The number of fused-ring (bicyclic) bond motifs is 4. The molecule has 2 aromatic rings. The Hall–Kier alpha value is -1.84. The lowest BCUT2D eigenvalue weighted by Crippen LogP contribution is -2.58. The maximum atomic E-state index is 9.97. The first-order chi connectivity index (χ1) is 10.2. The van der Waals surface area contributed by atoms with E-state index in [9.17, 15) is 5.11 Å². The topological polar surface area (TPSA) is 26.7 Å². The Balaban J connectivity index is 1.94. The summed E-state index contributed by atoms with van der Waals surface area (Å²) in [4.78, 5) is 0. The van der Waals surface area contributed by atoms with Crippen molar-refractivity contribution in [1.29, 1.82) is 0 Å². The fraction of sp³-hybridized carbons (Fsp3) is 0.333. The number of hydrogen-bond donors (Lipinski definition) is 1. The van der Waals surface area contributed by atoms with Crippen molar-refractivity contribution < 1.29 is 5.11 Å². The number of benzene rings is 2. The lowest BCUT2D eigenvalue weighted by Gasteiger charge is -2.52. The van der Waals surface area contributed by atoms with Gasteiger partial charge in [0.25, 0.3) is 0 Å². The van der Waals surface area contributed by atoms with Gasteiger partial charge < -0.3 is 5.11 Å². The summed E-state index contributed by atoms with van der Waals surface area (Å²) < 4.78 is 0. The molecule has 0 spiro atoms. The Kier molecular flexibility index (Phi) is 2.81. The third kappa shape index (κ3) is 1.88. The zero-order valence-electron chi connectivity index (χ0n) is 12.3. The molecule has 108 valence electrons. The van der Waals surface area contributed by atoms with E-state index >= 15 is 0 Å². The summed E-state index contributed by atoms with van der Waals surface area (Å²) in [6.07, 6.45) is 1.08. The van der Waals surface area contributed by atoms with Crippen LogP contribution in [-0.4, -0.2) is 35.3 Å². The van der Waals surface area contributed by atoms with Crippen LogP contribution in [0.2, 0.25) is 0 Å². The largest absolute Gasteiger partial charge is 0.508 e. The van der Waals surface area contributed by atoms with Gasteiger partial charge in [-0.05, 0) is 35.2 Å². The quantitative estimate of drug-likeness (QED) is 0.870. The number of phenols is 1. The van der Waals surface area contributed by atoms with E-state index in [4.69, 9.17) is 0 Å². The van der Waals surface area contributed by atoms with Gasteiger partial charge in [0.1, 0.15) is 5.75 Å². The van der Waals surface area contributed by atoms with Gasteiger partial charge in [-0.1, -0.05) is 36.4 Å². The third-order valence-corrected chi connectivity index (χ3v) is 5.09. The molecule has 3 nitrogen and oxygen atoms in total. The Bertz CT molecular complexity index is 670. The zero-order valence-corrected chi connectivity index (χ0v) is 12.3. The van der Waals surface area contributed by atoms with Crippen molar-refractivity contribution in [3.05, 3.63) is 65.2 Å². The molecule has 0 saturated carbocycles. The molecular formula is C18H20N2O. The van der Waals surface area contributed by atoms with Gasteiger partial charge in [-0.3, -0.25) is 0 Å². The average molecular weight is 280 g/mol. The van der Waals surface area contributed by atoms with Crippen LogP contribution >= 0.6 is 0 Å². The first-order valence-corrected chi connectivity index (χ1v) is 7.53. The van der Waals surface area contributed by atoms with E-state index in [0.717, 1.165) is 26.1 Å². The highest BCUT2D eigenvalue weighted by atomic mass is 16.3. The molecular weight excluding hydrogens is 260 g/mol. The Labute approximate surface area is 125 Å². The Morgan fingerprint density at radius 1 is 1.10 bits per heavy atom. The molecule has 2 heterocycles. The monoisotopic (exact) mass is 280 g/mol. The van der Waals surface area contributed by atoms with E-state index < -0.39 is 0 Å². The number of nitrogens with zero attached hydrogens (tertiary/aromatic N) is 2. The molecule has 0 radical (unpaired) electrons. The smallest absolute Gasteiger partial charge is 0.115 e. The maximum absolute atomic E-state index is 9.97. The van der Waals surface area contributed by atoms with E-state index in [-0.39, 0.29) is 5.41 Å². The summed E-state index contributed by atoms with van der Waals surface area (Å²) in [5.74, 6) is 0.372. The van der Waals surface area contributed by atoms with E-state index in [2.05, 4.69) is 53.5 Å². The summed E-state index contributed by atoms with van der Waals surface area (Å²) in [5.41, 5.74) is 3.99. The van der Waals surface area contributed by atoms with Gasteiger partial charge in [0.05, 0.1) is 0 Å². The molecule has 2 bridgehead atoms. The molecule has 1 saturated heterocycles. The number of phenolic OH excluding ortho intramolecular Hbond substituents is 1. The van der Waals surface area contributed by atoms with Crippen LogP contribution in [-0.2, 0) is 12.0 Å². The van der Waals surface area contributed by atoms with Gasteiger partial charge in [-0.2, -0.15) is 0 Å². The summed E-state index contributed by atoms with van der Waals surface area (Å²) in [7, 11) is 2.17. The molecule has 0 aliphatic carbocycles. The second-order valence-electron chi connectivity index (χ2n) is 6.24. The predicted molar refractivity (Wildman–Crippen MR) is 83.0 cm³/mol. The standard InChI is InChI=1S/C18H20N2O/c1-19-10-9-18(15-5-3-2-4-6-15)13-20(19)12-14-7-8-16(21)11-17(14)18/h2-8,11,21H,9-10,12-13H2,1H3. The fourth-order valence-electron chi connectivity index (χ4n) is 3.89. The summed E-state index contributed by atoms with van der Waals surface area (Å²) in [6, 6.07) is 16.6. The van der Waals surface area contributed by atoms with Crippen molar-refractivity contribution in [3.8, 4) is 5.75 Å². The van der Waals surface area contributed by atoms with Crippen molar-refractivity contribution in [1.82, 2.24) is 10.0 Å². The van der Waals surface area contributed by atoms with Crippen molar-refractivity contribution in [2.45, 2.75) is 18.4 Å². The van der Waals surface area contributed by atoms with Crippen LogP contribution in [0, 0.1) is 0 Å². The Morgan fingerprint density at radius 3 is 2.71 bits per heavy atom. The van der Waals surface area contributed by atoms with Crippen LogP contribution in [0.1, 0.15) is 23.1 Å². The van der Waals surface area contributed by atoms with Crippen LogP contribution in [0.5, 0.6) is 5.75 Å². The molecule has 1 N–H and O–H groups in total. The minimum absolute atomic E-state index is 0.0000926. The van der Waals surface area contributed by atoms with E-state index in [0.29, 0.717) is 5.75 Å². The van der Waals surface area contributed by atoms with E-state index in [1.807, 2.05) is 6.07 Å². The zero-order chi connectivity index (χ0) is 14.4. The van der Waals surface area contributed by atoms with Gasteiger partial charge in [0.15, 0.2) is 0 Å². The van der Waals surface area contributed by atoms with Gasteiger partial charge in [0.2, 0.25) is 0 Å². The van der Waals surface area contributed by atoms with Gasteiger partial charge in [-0.25, -0.2) is 10.0 Å². The van der Waals surface area contributed by atoms with Crippen molar-refractivity contribution in [2.75, 3.05) is 20.1 Å². The predicted octanol–water partition coefficient (Wildman–Crippen LogP) is 2.74. The van der Waals surface area contributed by atoms with Crippen LogP contribution in [0.15, 0.2) is 48.5 Å². The van der Waals surface area contributed by atoms with Gasteiger partial charge in [0, 0.05) is 32.1 Å². The summed E-state index contributed by atoms with van der Waals surface area (Å²) in [5, 5.41) is 14.7. The summed E-state index contributed by atoms with van der Waals surface area (Å²) in [6.45, 7) is 2.97. The average Bonchev–Trinajstić information content (AvgIpc) is 2.52. The maximum Gasteiger partial charge on any atom is 0.115 e. The molecule has 0 aromatic heterocycles. The number of hydrazine groups is 1. The number of rotatable bonds is 1. The molecule has 21 heavy (non-hydrogen) atoms. The summed E-state index contributed by atoms with van der Waals surface area (Å²) >= 11 is 0. The minimum atomic E-state index is 0.0000926. The molecule has 2 aliphatic heterocycles. The number of aromatic hydroxyl groups is 1. The SMILES string of the molecule is CN1CCC2(c3ccccc3)CN1Cc1ccc(O)cc12. The van der Waals surface area contributed by atoms with Gasteiger partial charge in [-0.15, -0.1) is 0 Å². The molecule has 3 heteroatoms. The molecule has 0 amide bonds. The van der Waals surface area contributed by atoms with Crippen LogP contribution in [0.4, 0.5) is 0 Å². The van der Waals surface area contributed by atoms with Crippen molar-refractivity contribution in [3.63, 3.8) is 0 Å². The third-order valence-electron chi connectivity index (χ3n) is 5.09. The minimum Gasteiger partial charge on any atom is -0.508 e. The highest BCUT2D eigenvalue weighted by Crippen LogP contribution is 2.45. The molecule has 4 rings (SSSR count). The molecule has 1 fully saturated rings. The number of hydrogen-bond acceptors (Lipinski definition) is 3. The van der Waals surface area contributed by atoms with Crippen molar-refractivity contribution >= 4 is 0 Å². The lowest BCUT2D eigenvalue weighted by molar-refractivity contribution is -0.0690. The molecule has 2 aromatic carbocycles.